The molecule has 0 radical (unpaired) electrons. The molecule has 23 heavy (non-hydrogen) atoms. The van der Waals surface area contributed by atoms with E-state index in [0.717, 1.165) is 13.0 Å². The van der Waals surface area contributed by atoms with Gasteiger partial charge in [-0.25, -0.2) is 0 Å². The van der Waals surface area contributed by atoms with E-state index in [9.17, 15) is 0 Å². The van der Waals surface area contributed by atoms with E-state index < -0.39 is 0 Å². The quantitative estimate of drug-likeness (QED) is 0.495. The van der Waals surface area contributed by atoms with Gasteiger partial charge in [-0.3, -0.25) is 0 Å². The molecule has 116 valence electrons. The van der Waals surface area contributed by atoms with E-state index in [2.05, 4.69) is 95.9 Å². The lowest BCUT2D eigenvalue weighted by molar-refractivity contribution is 0.732. The molecule has 0 saturated carbocycles. The fourth-order valence-electron chi connectivity index (χ4n) is 2.87. The van der Waals surface area contributed by atoms with Gasteiger partial charge >= 0.3 is 0 Å². The van der Waals surface area contributed by atoms with E-state index >= 15 is 0 Å². The van der Waals surface area contributed by atoms with E-state index in [4.69, 9.17) is 0 Å². The summed E-state index contributed by atoms with van der Waals surface area (Å²) in [4.78, 5) is 2.41. The number of para-hydroxylation sites is 2. The van der Waals surface area contributed by atoms with Crippen LogP contribution in [0.25, 0.3) is 0 Å². The highest BCUT2D eigenvalue weighted by Crippen LogP contribution is 2.25. The van der Waals surface area contributed by atoms with Crippen LogP contribution in [0, 0.1) is 0 Å². The summed E-state index contributed by atoms with van der Waals surface area (Å²) in [5.74, 6) is 0. The lowest BCUT2D eigenvalue weighted by atomic mass is 10.1. The Hall–Kier alpha value is -2.54. The first-order chi connectivity index (χ1) is 11.4. The summed E-state index contributed by atoms with van der Waals surface area (Å²) >= 11 is 0. The molecule has 3 aromatic carbocycles. The van der Waals surface area contributed by atoms with Crippen molar-refractivity contribution in [2.45, 2.75) is 19.3 Å². The Labute approximate surface area is 139 Å². The van der Waals surface area contributed by atoms with Crippen LogP contribution < -0.4 is 4.90 Å². The van der Waals surface area contributed by atoms with Gasteiger partial charge in [-0.1, -0.05) is 66.7 Å². The molecule has 0 atom stereocenters. The highest BCUT2D eigenvalue weighted by molar-refractivity contribution is 5.62. The lowest BCUT2D eigenvalue weighted by Crippen LogP contribution is -2.18. The van der Waals surface area contributed by atoms with Crippen molar-refractivity contribution >= 4 is 11.4 Å². The number of hydrogen-bond acceptors (Lipinski definition) is 1. The first kappa shape index (κ1) is 15.4. The molecule has 0 aromatic heterocycles. The van der Waals surface area contributed by atoms with Gasteiger partial charge in [-0.2, -0.15) is 0 Å². The number of unbranched alkanes of at least 4 members (excludes halogenated alkanes) is 1. The van der Waals surface area contributed by atoms with Gasteiger partial charge in [0.05, 0.1) is 0 Å². The van der Waals surface area contributed by atoms with Crippen LogP contribution in [-0.4, -0.2) is 6.54 Å². The Morgan fingerprint density at radius 2 is 1.00 bits per heavy atom. The Morgan fingerprint density at radius 3 is 1.52 bits per heavy atom. The minimum atomic E-state index is 1.04. The first-order valence-corrected chi connectivity index (χ1v) is 8.35. The third-order valence-corrected chi connectivity index (χ3v) is 4.08. The summed E-state index contributed by atoms with van der Waals surface area (Å²) in [6.45, 7) is 1.04. The molecule has 3 rings (SSSR count). The zero-order valence-corrected chi connectivity index (χ0v) is 13.4. The number of benzene rings is 3. The van der Waals surface area contributed by atoms with Crippen LogP contribution in [0.1, 0.15) is 18.4 Å². The largest absolute Gasteiger partial charge is 0.341 e. The number of hydrogen-bond donors (Lipinski definition) is 0. The molecule has 0 saturated heterocycles. The fourth-order valence-corrected chi connectivity index (χ4v) is 2.87. The van der Waals surface area contributed by atoms with Gasteiger partial charge in [0.25, 0.3) is 0 Å². The first-order valence-electron chi connectivity index (χ1n) is 8.35. The average Bonchev–Trinajstić information content (AvgIpc) is 2.64. The van der Waals surface area contributed by atoms with Gasteiger partial charge in [0, 0.05) is 17.9 Å². The monoisotopic (exact) mass is 301 g/mol. The number of rotatable bonds is 7. The number of nitrogens with zero attached hydrogens (tertiary/aromatic N) is 1. The maximum Gasteiger partial charge on any atom is 0.0410 e. The van der Waals surface area contributed by atoms with Crippen LogP contribution in [-0.2, 0) is 6.42 Å². The summed E-state index contributed by atoms with van der Waals surface area (Å²) in [5, 5.41) is 0. The second kappa shape index (κ2) is 8.19. The van der Waals surface area contributed by atoms with Crippen LogP contribution in [0.15, 0.2) is 91.0 Å². The van der Waals surface area contributed by atoms with Crippen LogP contribution in [0.2, 0.25) is 0 Å². The molecule has 1 heteroatoms. The molecule has 0 bridgehead atoms. The molecular weight excluding hydrogens is 278 g/mol. The fraction of sp³-hybridized carbons (Fsp3) is 0.182. The highest BCUT2D eigenvalue weighted by Gasteiger charge is 2.08. The van der Waals surface area contributed by atoms with Crippen molar-refractivity contribution < 1.29 is 0 Å². The van der Waals surface area contributed by atoms with Crippen LogP contribution >= 0.6 is 0 Å². The molecular formula is C22H23N. The van der Waals surface area contributed by atoms with Crippen molar-refractivity contribution in [3.63, 3.8) is 0 Å². The summed E-state index contributed by atoms with van der Waals surface area (Å²) in [6.07, 6.45) is 3.54. The van der Waals surface area contributed by atoms with Crippen molar-refractivity contribution in [3.05, 3.63) is 96.6 Å². The second-order valence-electron chi connectivity index (χ2n) is 5.77. The molecule has 0 aliphatic rings. The van der Waals surface area contributed by atoms with Gasteiger partial charge in [-0.05, 0) is 49.1 Å². The zero-order valence-electron chi connectivity index (χ0n) is 13.4. The van der Waals surface area contributed by atoms with Gasteiger partial charge in [0.15, 0.2) is 0 Å². The van der Waals surface area contributed by atoms with Crippen molar-refractivity contribution in [2.75, 3.05) is 11.4 Å². The predicted octanol–water partition coefficient (Wildman–Crippen LogP) is 5.85. The van der Waals surface area contributed by atoms with Crippen molar-refractivity contribution in [1.82, 2.24) is 0 Å². The van der Waals surface area contributed by atoms with Crippen molar-refractivity contribution in [3.8, 4) is 0 Å². The van der Waals surface area contributed by atoms with Gasteiger partial charge in [0.2, 0.25) is 0 Å². The molecule has 0 heterocycles. The van der Waals surface area contributed by atoms with Gasteiger partial charge in [-0.15, -0.1) is 0 Å². The summed E-state index contributed by atoms with van der Waals surface area (Å²) < 4.78 is 0. The van der Waals surface area contributed by atoms with Crippen LogP contribution in [0.5, 0.6) is 0 Å². The topological polar surface area (TPSA) is 3.24 Å². The van der Waals surface area contributed by atoms with Gasteiger partial charge < -0.3 is 4.90 Å². The highest BCUT2D eigenvalue weighted by atomic mass is 15.1. The molecule has 0 unspecified atom stereocenters. The predicted molar refractivity (Wildman–Crippen MR) is 99.3 cm³/mol. The molecule has 0 aliphatic carbocycles. The van der Waals surface area contributed by atoms with Crippen LogP contribution in [0.3, 0.4) is 0 Å². The third-order valence-electron chi connectivity index (χ3n) is 4.08. The van der Waals surface area contributed by atoms with Gasteiger partial charge in [0.1, 0.15) is 0 Å². The minimum absolute atomic E-state index is 1.04. The summed E-state index contributed by atoms with van der Waals surface area (Å²) in [7, 11) is 0. The minimum Gasteiger partial charge on any atom is -0.341 e. The van der Waals surface area contributed by atoms with Crippen molar-refractivity contribution in [1.29, 1.82) is 0 Å². The number of anilines is 2. The zero-order chi connectivity index (χ0) is 15.7. The van der Waals surface area contributed by atoms with Crippen molar-refractivity contribution in [2.24, 2.45) is 0 Å². The standard InChI is InChI=1S/C22H23N/c1-4-12-20(13-5-1)14-10-11-19-23(21-15-6-2-7-16-21)22-17-8-3-9-18-22/h1-9,12-13,15-18H,10-11,14,19H2. The molecule has 0 aliphatic heterocycles. The van der Waals surface area contributed by atoms with E-state index in [1.165, 1.54) is 29.8 Å². The van der Waals surface area contributed by atoms with E-state index in [0.29, 0.717) is 0 Å². The Morgan fingerprint density at radius 1 is 0.522 bits per heavy atom. The molecule has 0 amide bonds. The second-order valence-corrected chi connectivity index (χ2v) is 5.77. The Balaban J connectivity index is 1.63. The molecule has 3 aromatic rings. The lowest BCUT2D eigenvalue weighted by Gasteiger charge is -2.25. The summed E-state index contributed by atoms with van der Waals surface area (Å²) in [5.41, 5.74) is 3.95. The normalized spacial score (nSPS) is 10.4. The smallest absolute Gasteiger partial charge is 0.0410 e. The van der Waals surface area contributed by atoms with E-state index in [1.807, 2.05) is 0 Å². The Bertz CT molecular complexity index is 637. The Kier molecular flexibility index (Phi) is 5.47. The molecule has 0 N–H and O–H groups in total. The summed E-state index contributed by atoms with van der Waals surface area (Å²) in [6, 6.07) is 32.1. The average molecular weight is 301 g/mol. The SMILES string of the molecule is c1ccc(CCCCN(c2ccccc2)c2ccccc2)cc1. The van der Waals surface area contributed by atoms with Crippen LogP contribution in [0.4, 0.5) is 11.4 Å². The number of aryl methyl sites for hydroxylation is 1. The molecule has 0 spiro atoms. The third kappa shape index (κ3) is 4.46. The van der Waals surface area contributed by atoms with E-state index in [1.54, 1.807) is 0 Å². The maximum absolute atomic E-state index is 2.41. The maximum atomic E-state index is 2.41. The molecule has 1 nitrogen and oxygen atoms in total. The molecule has 0 fully saturated rings. The van der Waals surface area contributed by atoms with E-state index in [-0.39, 0.29) is 0 Å².